The van der Waals surface area contributed by atoms with Gasteiger partial charge in [0, 0.05) is 6.42 Å². The van der Waals surface area contributed by atoms with Gasteiger partial charge in [-0.25, -0.2) is 9.18 Å². The summed E-state index contributed by atoms with van der Waals surface area (Å²) >= 11 is 0. The summed E-state index contributed by atoms with van der Waals surface area (Å²) in [6, 6.07) is -0.308. The van der Waals surface area contributed by atoms with Gasteiger partial charge in [0.25, 0.3) is 0 Å². The molecule has 2 saturated carbocycles. The molecular weight excluding hydrogens is 233 g/mol. The fourth-order valence-electron chi connectivity index (χ4n) is 2.73. The minimum Gasteiger partial charge on any atom is -0.446 e. The van der Waals surface area contributed by atoms with Crippen molar-refractivity contribution in [2.75, 3.05) is 0 Å². The highest BCUT2D eigenvalue weighted by Crippen LogP contribution is 2.42. The fourth-order valence-corrected chi connectivity index (χ4v) is 2.73. The van der Waals surface area contributed by atoms with Crippen LogP contribution in [0.1, 0.15) is 52.9 Å². The van der Waals surface area contributed by atoms with E-state index < -0.39 is 12.3 Å². The maximum atomic E-state index is 12.7. The van der Waals surface area contributed by atoms with Crippen LogP contribution >= 0.6 is 0 Å². The molecule has 0 aliphatic heterocycles. The molecular formula is C14H24FNO2. The summed E-state index contributed by atoms with van der Waals surface area (Å²) in [5, 5.41) is 2.57. The van der Waals surface area contributed by atoms with Crippen LogP contribution in [-0.4, -0.2) is 24.4 Å². The Balaban J connectivity index is 1.80. The number of alkyl halides is 1. The third kappa shape index (κ3) is 3.15. The van der Waals surface area contributed by atoms with Gasteiger partial charge in [0.2, 0.25) is 0 Å². The van der Waals surface area contributed by atoms with E-state index in [-0.39, 0.29) is 17.6 Å². The van der Waals surface area contributed by atoms with E-state index in [0.29, 0.717) is 12.3 Å². The van der Waals surface area contributed by atoms with E-state index in [2.05, 4.69) is 26.1 Å². The molecule has 2 fully saturated rings. The summed E-state index contributed by atoms with van der Waals surface area (Å²) < 4.78 is 18.1. The van der Waals surface area contributed by atoms with Gasteiger partial charge < -0.3 is 10.1 Å². The normalized spacial score (nSPS) is 39.5. The molecule has 0 radical (unpaired) electrons. The van der Waals surface area contributed by atoms with Crippen LogP contribution in [0.2, 0.25) is 0 Å². The van der Waals surface area contributed by atoms with Crippen LogP contribution in [0.4, 0.5) is 9.18 Å². The Labute approximate surface area is 108 Å². The molecule has 4 heteroatoms. The molecule has 2 aliphatic carbocycles. The summed E-state index contributed by atoms with van der Waals surface area (Å²) in [7, 11) is 0. The van der Waals surface area contributed by atoms with Crippen molar-refractivity contribution in [3.63, 3.8) is 0 Å². The molecule has 0 heterocycles. The monoisotopic (exact) mass is 257 g/mol. The smallest absolute Gasteiger partial charge is 0.407 e. The number of hydrogen-bond acceptors (Lipinski definition) is 2. The number of halogens is 1. The number of alkyl carbamates (subject to hydrolysis) is 1. The molecule has 2 aliphatic rings. The minimum atomic E-state index is -0.871. The fraction of sp³-hybridized carbons (Fsp3) is 0.929. The molecule has 0 saturated heterocycles. The van der Waals surface area contributed by atoms with Gasteiger partial charge in [-0.2, -0.15) is 0 Å². The Morgan fingerprint density at radius 2 is 2.17 bits per heavy atom. The highest BCUT2D eigenvalue weighted by atomic mass is 19.1. The SMILES string of the molecule is CC(C)C1(C)CCCC(OC(=O)N[C@@H]2C[C@@H]2F)C1. The lowest BCUT2D eigenvalue weighted by Crippen LogP contribution is -2.38. The zero-order valence-electron chi connectivity index (χ0n) is 11.5. The van der Waals surface area contributed by atoms with E-state index in [1.165, 1.54) is 6.42 Å². The van der Waals surface area contributed by atoms with Crippen molar-refractivity contribution in [3.8, 4) is 0 Å². The molecule has 3 nitrogen and oxygen atoms in total. The van der Waals surface area contributed by atoms with Gasteiger partial charge in [0.15, 0.2) is 0 Å². The van der Waals surface area contributed by atoms with Gasteiger partial charge in [-0.05, 0) is 37.0 Å². The van der Waals surface area contributed by atoms with Crippen LogP contribution in [0.25, 0.3) is 0 Å². The van der Waals surface area contributed by atoms with Crippen molar-refractivity contribution in [2.24, 2.45) is 11.3 Å². The van der Waals surface area contributed by atoms with Crippen molar-refractivity contribution >= 4 is 6.09 Å². The van der Waals surface area contributed by atoms with Crippen LogP contribution in [0.3, 0.4) is 0 Å². The standard InChI is InChI=1S/C14H24FNO2/c1-9(2)14(3)6-4-5-10(8-14)18-13(17)16-12-7-11(12)15/h9-12H,4-8H2,1-3H3,(H,16,17)/t10?,11-,12+,14?/m0/s1. The average Bonchev–Trinajstić information content (AvgIpc) is 2.93. The van der Waals surface area contributed by atoms with Crippen LogP contribution < -0.4 is 5.32 Å². The van der Waals surface area contributed by atoms with Crippen molar-refractivity contribution in [2.45, 2.75) is 71.2 Å². The molecule has 2 unspecified atom stereocenters. The Morgan fingerprint density at radius 1 is 1.50 bits per heavy atom. The Morgan fingerprint density at radius 3 is 2.72 bits per heavy atom. The number of carbonyl (C=O) groups is 1. The first kappa shape index (κ1) is 13.6. The van der Waals surface area contributed by atoms with Gasteiger partial charge in [-0.1, -0.05) is 20.8 Å². The zero-order chi connectivity index (χ0) is 13.3. The second kappa shape index (κ2) is 5.06. The predicted octanol–water partition coefficient (Wildman–Crippen LogP) is 3.43. The zero-order valence-corrected chi connectivity index (χ0v) is 11.5. The number of nitrogens with one attached hydrogen (secondary N) is 1. The number of amides is 1. The number of rotatable bonds is 3. The summed E-state index contributed by atoms with van der Waals surface area (Å²) in [5.41, 5.74) is 0.255. The quantitative estimate of drug-likeness (QED) is 0.841. The van der Waals surface area contributed by atoms with E-state index in [1.54, 1.807) is 0 Å². The molecule has 2 rings (SSSR count). The lowest BCUT2D eigenvalue weighted by molar-refractivity contribution is 0.0124. The second-order valence-electron chi connectivity index (χ2n) is 6.43. The van der Waals surface area contributed by atoms with Gasteiger partial charge in [0.1, 0.15) is 12.3 Å². The van der Waals surface area contributed by atoms with E-state index in [9.17, 15) is 9.18 Å². The number of ether oxygens (including phenoxy) is 1. The third-order valence-electron chi connectivity index (χ3n) is 4.65. The molecule has 0 bridgehead atoms. The molecule has 0 spiro atoms. The topological polar surface area (TPSA) is 38.3 Å². The predicted molar refractivity (Wildman–Crippen MR) is 68.1 cm³/mol. The maximum Gasteiger partial charge on any atom is 0.407 e. The number of hydrogen-bond donors (Lipinski definition) is 1. The van der Waals surface area contributed by atoms with Gasteiger partial charge in [-0.3, -0.25) is 0 Å². The van der Waals surface area contributed by atoms with Crippen LogP contribution in [-0.2, 0) is 4.74 Å². The molecule has 1 amide bonds. The molecule has 4 atom stereocenters. The number of carbonyl (C=O) groups excluding carboxylic acids is 1. The van der Waals surface area contributed by atoms with Crippen molar-refractivity contribution in [1.82, 2.24) is 5.32 Å². The Bertz CT molecular complexity index is 321. The van der Waals surface area contributed by atoms with Crippen LogP contribution in [0.15, 0.2) is 0 Å². The molecule has 0 aromatic rings. The van der Waals surface area contributed by atoms with Crippen molar-refractivity contribution < 1.29 is 13.9 Å². The van der Waals surface area contributed by atoms with Crippen LogP contribution in [0.5, 0.6) is 0 Å². The van der Waals surface area contributed by atoms with Gasteiger partial charge in [-0.15, -0.1) is 0 Å². The third-order valence-corrected chi connectivity index (χ3v) is 4.65. The van der Waals surface area contributed by atoms with E-state index >= 15 is 0 Å². The lowest BCUT2D eigenvalue weighted by atomic mass is 9.67. The summed E-state index contributed by atoms with van der Waals surface area (Å²) in [6.45, 7) is 6.71. The van der Waals surface area contributed by atoms with E-state index in [0.717, 1.165) is 19.3 Å². The van der Waals surface area contributed by atoms with Gasteiger partial charge >= 0.3 is 6.09 Å². The van der Waals surface area contributed by atoms with Crippen molar-refractivity contribution in [3.05, 3.63) is 0 Å². The maximum absolute atomic E-state index is 12.7. The molecule has 104 valence electrons. The molecule has 1 N–H and O–H groups in total. The highest BCUT2D eigenvalue weighted by molar-refractivity contribution is 5.68. The largest absolute Gasteiger partial charge is 0.446 e. The van der Waals surface area contributed by atoms with E-state index in [4.69, 9.17) is 4.74 Å². The van der Waals surface area contributed by atoms with Gasteiger partial charge in [0.05, 0.1) is 6.04 Å². The highest BCUT2D eigenvalue weighted by Gasteiger charge is 2.40. The summed E-state index contributed by atoms with van der Waals surface area (Å²) in [4.78, 5) is 11.6. The molecule has 0 aromatic carbocycles. The first-order valence-corrected chi connectivity index (χ1v) is 7.02. The first-order chi connectivity index (χ1) is 8.40. The lowest BCUT2D eigenvalue weighted by Gasteiger charge is -2.40. The first-order valence-electron chi connectivity index (χ1n) is 7.02. The molecule has 18 heavy (non-hydrogen) atoms. The Kier molecular flexibility index (Phi) is 3.83. The second-order valence-corrected chi connectivity index (χ2v) is 6.43. The Hall–Kier alpha value is -0.800. The minimum absolute atomic E-state index is 0.0111. The van der Waals surface area contributed by atoms with Crippen molar-refractivity contribution in [1.29, 1.82) is 0 Å². The van der Waals surface area contributed by atoms with E-state index in [1.807, 2.05) is 0 Å². The summed E-state index contributed by atoms with van der Waals surface area (Å²) in [5.74, 6) is 0.589. The summed E-state index contributed by atoms with van der Waals surface area (Å²) in [6.07, 6.45) is 3.25. The average molecular weight is 257 g/mol. The molecule has 0 aromatic heterocycles. The van der Waals surface area contributed by atoms with Crippen LogP contribution in [0, 0.1) is 11.3 Å².